The van der Waals surface area contributed by atoms with Crippen molar-refractivity contribution in [3.05, 3.63) is 54.0 Å². The summed E-state index contributed by atoms with van der Waals surface area (Å²) in [7, 11) is 0. The van der Waals surface area contributed by atoms with Gasteiger partial charge in [-0.15, -0.1) is 0 Å². The van der Waals surface area contributed by atoms with Crippen molar-refractivity contribution in [2.75, 3.05) is 5.32 Å². The molecule has 20 heavy (non-hydrogen) atoms. The van der Waals surface area contributed by atoms with Crippen LogP contribution in [0.15, 0.2) is 47.2 Å². The first kappa shape index (κ1) is 12.2. The molecule has 0 bridgehead atoms. The van der Waals surface area contributed by atoms with Crippen LogP contribution in [0, 0.1) is 6.92 Å². The van der Waals surface area contributed by atoms with Crippen molar-refractivity contribution in [2.45, 2.75) is 6.92 Å². The summed E-state index contributed by atoms with van der Waals surface area (Å²) in [6.07, 6.45) is 3.10. The van der Waals surface area contributed by atoms with E-state index >= 15 is 0 Å². The maximum absolute atomic E-state index is 12.0. The van der Waals surface area contributed by atoms with E-state index in [1.807, 2.05) is 30.3 Å². The summed E-state index contributed by atoms with van der Waals surface area (Å²) in [5.41, 5.74) is 3.07. The Labute approximate surface area is 114 Å². The van der Waals surface area contributed by atoms with E-state index in [4.69, 9.17) is 4.52 Å². The summed E-state index contributed by atoms with van der Waals surface area (Å²) >= 11 is 0. The SMILES string of the molecule is Cc1oncc1C(=O)Nc1ccc(-c2ccn[nH]2)cc1. The van der Waals surface area contributed by atoms with Crippen LogP contribution in [0.5, 0.6) is 0 Å². The first-order valence-electron chi connectivity index (χ1n) is 6.06. The standard InChI is InChI=1S/C14H12N4O2/c1-9-12(8-16-20-9)14(19)17-11-4-2-10(3-5-11)13-6-7-15-18-13/h2-8H,1H3,(H,15,18)(H,17,19). The highest BCUT2D eigenvalue weighted by Gasteiger charge is 2.12. The minimum atomic E-state index is -0.238. The van der Waals surface area contributed by atoms with E-state index in [2.05, 4.69) is 20.7 Å². The smallest absolute Gasteiger partial charge is 0.260 e. The molecule has 1 aromatic carbocycles. The minimum absolute atomic E-state index is 0.238. The molecule has 2 N–H and O–H groups in total. The third-order valence-electron chi connectivity index (χ3n) is 2.95. The number of aromatic nitrogens is 3. The highest BCUT2D eigenvalue weighted by molar-refractivity contribution is 6.04. The van der Waals surface area contributed by atoms with Crippen LogP contribution in [0.3, 0.4) is 0 Å². The molecule has 100 valence electrons. The van der Waals surface area contributed by atoms with Crippen molar-refractivity contribution in [1.29, 1.82) is 0 Å². The fraction of sp³-hybridized carbons (Fsp3) is 0.0714. The van der Waals surface area contributed by atoms with Gasteiger partial charge in [0.15, 0.2) is 0 Å². The van der Waals surface area contributed by atoms with Crippen LogP contribution in [0.25, 0.3) is 11.3 Å². The van der Waals surface area contributed by atoms with E-state index < -0.39 is 0 Å². The number of nitrogens with zero attached hydrogens (tertiary/aromatic N) is 2. The summed E-state index contributed by atoms with van der Waals surface area (Å²) in [4.78, 5) is 12.0. The molecule has 0 aliphatic carbocycles. The van der Waals surface area contributed by atoms with Crippen molar-refractivity contribution in [3.8, 4) is 11.3 Å². The first-order chi connectivity index (χ1) is 9.74. The van der Waals surface area contributed by atoms with E-state index in [9.17, 15) is 4.79 Å². The predicted molar refractivity (Wildman–Crippen MR) is 73.2 cm³/mol. The van der Waals surface area contributed by atoms with Crippen LogP contribution in [-0.2, 0) is 0 Å². The summed E-state index contributed by atoms with van der Waals surface area (Å²) in [6.45, 7) is 1.70. The van der Waals surface area contributed by atoms with E-state index in [-0.39, 0.29) is 5.91 Å². The lowest BCUT2D eigenvalue weighted by atomic mass is 10.1. The molecule has 6 heteroatoms. The maximum atomic E-state index is 12.0. The van der Waals surface area contributed by atoms with Gasteiger partial charge in [-0.25, -0.2) is 0 Å². The Kier molecular flexibility index (Phi) is 3.04. The van der Waals surface area contributed by atoms with E-state index in [0.29, 0.717) is 17.0 Å². The lowest BCUT2D eigenvalue weighted by Gasteiger charge is -2.05. The third kappa shape index (κ3) is 2.31. The molecule has 3 aromatic rings. The van der Waals surface area contributed by atoms with Crippen molar-refractivity contribution < 1.29 is 9.32 Å². The minimum Gasteiger partial charge on any atom is -0.361 e. The zero-order chi connectivity index (χ0) is 13.9. The van der Waals surface area contributed by atoms with Gasteiger partial charge in [-0.2, -0.15) is 5.10 Å². The molecule has 0 atom stereocenters. The van der Waals surface area contributed by atoms with Gasteiger partial charge in [-0.3, -0.25) is 9.89 Å². The molecule has 3 rings (SSSR count). The number of H-pyrrole nitrogens is 1. The number of aryl methyl sites for hydroxylation is 1. The maximum Gasteiger partial charge on any atom is 0.260 e. The number of anilines is 1. The molecule has 0 saturated carbocycles. The van der Waals surface area contributed by atoms with Crippen LogP contribution >= 0.6 is 0 Å². The quantitative estimate of drug-likeness (QED) is 0.764. The molecule has 0 saturated heterocycles. The van der Waals surface area contributed by atoms with Crippen molar-refractivity contribution in [3.63, 3.8) is 0 Å². The largest absolute Gasteiger partial charge is 0.361 e. The molecule has 0 aliphatic rings. The molecule has 2 aromatic heterocycles. The Bertz CT molecular complexity index is 714. The van der Waals surface area contributed by atoms with Crippen molar-refractivity contribution in [1.82, 2.24) is 15.4 Å². The Morgan fingerprint density at radius 3 is 2.65 bits per heavy atom. The number of carbonyl (C=O) groups excluding carboxylic acids is 1. The zero-order valence-electron chi connectivity index (χ0n) is 10.8. The highest BCUT2D eigenvalue weighted by Crippen LogP contribution is 2.19. The van der Waals surface area contributed by atoms with Gasteiger partial charge < -0.3 is 9.84 Å². The number of nitrogens with one attached hydrogen (secondary N) is 2. The number of carbonyl (C=O) groups is 1. The van der Waals surface area contributed by atoms with Crippen LogP contribution < -0.4 is 5.32 Å². The lowest BCUT2D eigenvalue weighted by Crippen LogP contribution is -2.11. The molecule has 1 amide bonds. The van der Waals surface area contributed by atoms with E-state index in [1.54, 1.807) is 13.1 Å². The molecule has 2 heterocycles. The highest BCUT2D eigenvalue weighted by atomic mass is 16.5. The van der Waals surface area contributed by atoms with Gasteiger partial charge in [-0.05, 0) is 30.7 Å². The van der Waals surface area contributed by atoms with Gasteiger partial charge in [0.05, 0.1) is 11.9 Å². The van der Waals surface area contributed by atoms with Crippen LogP contribution in [0.1, 0.15) is 16.1 Å². The van der Waals surface area contributed by atoms with Crippen LogP contribution in [0.4, 0.5) is 5.69 Å². The van der Waals surface area contributed by atoms with Gasteiger partial charge in [0, 0.05) is 11.9 Å². The van der Waals surface area contributed by atoms with Gasteiger partial charge in [0.2, 0.25) is 0 Å². The molecular weight excluding hydrogens is 256 g/mol. The summed E-state index contributed by atoms with van der Waals surface area (Å²) in [5.74, 6) is 0.259. The Morgan fingerprint density at radius 2 is 2.05 bits per heavy atom. The van der Waals surface area contributed by atoms with Gasteiger partial charge in [-0.1, -0.05) is 17.3 Å². The van der Waals surface area contributed by atoms with Gasteiger partial charge >= 0.3 is 0 Å². The zero-order valence-corrected chi connectivity index (χ0v) is 10.8. The molecule has 0 spiro atoms. The first-order valence-corrected chi connectivity index (χ1v) is 6.06. The molecule has 6 nitrogen and oxygen atoms in total. The number of amides is 1. The normalized spacial score (nSPS) is 10.4. The Balaban J connectivity index is 1.76. The Morgan fingerprint density at radius 1 is 1.25 bits per heavy atom. The summed E-state index contributed by atoms with van der Waals surface area (Å²) < 4.78 is 4.87. The molecule has 0 radical (unpaired) electrons. The monoisotopic (exact) mass is 268 g/mol. The van der Waals surface area contributed by atoms with E-state index in [0.717, 1.165) is 11.3 Å². The van der Waals surface area contributed by atoms with Crippen LogP contribution in [-0.4, -0.2) is 21.3 Å². The average Bonchev–Trinajstić information content (AvgIpc) is 3.10. The average molecular weight is 268 g/mol. The van der Waals surface area contributed by atoms with Crippen molar-refractivity contribution in [2.24, 2.45) is 0 Å². The Hall–Kier alpha value is -2.89. The second-order valence-electron chi connectivity index (χ2n) is 4.30. The van der Waals surface area contributed by atoms with Gasteiger partial charge in [0.1, 0.15) is 11.3 Å². The second kappa shape index (κ2) is 5.00. The number of benzene rings is 1. The lowest BCUT2D eigenvalue weighted by molar-refractivity contribution is 0.102. The van der Waals surface area contributed by atoms with Gasteiger partial charge in [0.25, 0.3) is 5.91 Å². The van der Waals surface area contributed by atoms with Crippen LogP contribution in [0.2, 0.25) is 0 Å². The van der Waals surface area contributed by atoms with E-state index in [1.165, 1.54) is 6.20 Å². The van der Waals surface area contributed by atoms with Crippen molar-refractivity contribution >= 4 is 11.6 Å². The summed E-state index contributed by atoms with van der Waals surface area (Å²) in [6, 6.07) is 9.36. The molecule has 0 fully saturated rings. The fourth-order valence-corrected chi connectivity index (χ4v) is 1.86. The summed E-state index contributed by atoms with van der Waals surface area (Å²) in [5, 5.41) is 13.2. The third-order valence-corrected chi connectivity index (χ3v) is 2.95. The molecule has 0 unspecified atom stereocenters. The second-order valence-corrected chi connectivity index (χ2v) is 4.30. The topological polar surface area (TPSA) is 83.8 Å². The number of hydrogen-bond acceptors (Lipinski definition) is 4. The fourth-order valence-electron chi connectivity index (χ4n) is 1.86. The molecular formula is C14H12N4O2. The molecule has 0 aliphatic heterocycles. The predicted octanol–water partition coefficient (Wildman–Crippen LogP) is 2.63. The number of hydrogen-bond donors (Lipinski definition) is 2. The number of rotatable bonds is 3. The number of aromatic amines is 1.